The highest BCUT2D eigenvalue weighted by Crippen LogP contribution is 2.21. The predicted octanol–water partition coefficient (Wildman–Crippen LogP) is 0.602. The number of carbonyl (C=O) groups excluding carboxylic acids is 1. The number of nitrogens with two attached hydrogens (primary N) is 1. The van der Waals surface area contributed by atoms with Gasteiger partial charge in [-0.1, -0.05) is 11.6 Å². The van der Waals surface area contributed by atoms with Crippen LogP contribution in [0.2, 0.25) is 5.15 Å². The molecule has 6 nitrogen and oxygen atoms in total. The summed E-state index contributed by atoms with van der Waals surface area (Å²) in [6.07, 6.45) is 1.29. The van der Waals surface area contributed by atoms with Gasteiger partial charge in [-0.25, -0.2) is 9.97 Å². The highest BCUT2D eigenvalue weighted by atomic mass is 35.5. The van der Waals surface area contributed by atoms with Gasteiger partial charge in [0, 0.05) is 13.6 Å². The number of nitrogens with one attached hydrogen (secondary N) is 1. The van der Waals surface area contributed by atoms with Gasteiger partial charge in [-0.3, -0.25) is 4.79 Å². The van der Waals surface area contributed by atoms with Gasteiger partial charge in [0.1, 0.15) is 12.0 Å². The van der Waals surface area contributed by atoms with E-state index in [0.29, 0.717) is 12.4 Å². The zero-order valence-corrected chi connectivity index (χ0v) is 9.95. The average molecular weight is 244 g/mol. The first-order chi connectivity index (χ1) is 7.56. The van der Waals surface area contributed by atoms with Gasteiger partial charge >= 0.3 is 0 Å². The quantitative estimate of drug-likeness (QED) is 0.757. The Morgan fingerprint density at radius 3 is 2.94 bits per heavy atom. The summed E-state index contributed by atoms with van der Waals surface area (Å²) < 4.78 is 0. The number of hydrogen-bond acceptors (Lipinski definition) is 5. The molecule has 0 fully saturated rings. The van der Waals surface area contributed by atoms with Gasteiger partial charge in [0.25, 0.3) is 0 Å². The fourth-order valence-electron chi connectivity index (χ4n) is 0.986. The van der Waals surface area contributed by atoms with E-state index in [1.807, 2.05) is 6.92 Å². The van der Waals surface area contributed by atoms with E-state index in [9.17, 15) is 4.79 Å². The molecule has 1 rings (SSSR count). The summed E-state index contributed by atoms with van der Waals surface area (Å²) in [5.41, 5.74) is 5.88. The molecule has 88 valence electrons. The van der Waals surface area contributed by atoms with Crippen LogP contribution in [0.3, 0.4) is 0 Å². The van der Waals surface area contributed by atoms with Crippen LogP contribution in [0.25, 0.3) is 0 Å². The van der Waals surface area contributed by atoms with Crippen molar-refractivity contribution in [2.45, 2.75) is 6.92 Å². The van der Waals surface area contributed by atoms with Crippen LogP contribution in [0.15, 0.2) is 6.33 Å². The minimum Gasteiger partial charge on any atom is -0.393 e. The number of carbonyl (C=O) groups is 1. The van der Waals surface area contributed by atoms with Crippen molar-refractivity contribution in [1.82, 2.24) is 14.9 Å². The maximum absolute atomic E-state index is 11.5. The van der Waals surface area contributed by atoms with E-state index in [2.05, 4.69) is 15.3 Å². The highest BCUT2D eigenvalue weighted by molar-refractivity contribution is 6.32. The topological polar surface area (TPSA) is 84.1 Å². The number of halogens is 1. The first-order valence-electron chi connectivity index (χ1n) is 4.80. The van der Waals surface area contributed by atoms with E-state index >= 15 is 0 Å². The Bertz CT molecular complexity index is 384. The van der Waals surface area contributed by atoms with E-state index in [0.717, 1.165) is 0 Å². The van der Waals surface area contributed by atoms with Crippen LogP contribution in [-0.4, -0.2) is 40.9 Å². The molecule has 0 aliphatic rings. The molecule has 0 atom stereocenters. The maximum Gasteiger partial charge on any atom is 0.241 e. The third-order valence-corrected chi connectivity index (χ3v) is 2.44. The van der Waals surface area contributed by atoms with Crippen molar-refractivity contribution in [3.8, 4) is 0 Å². The molecule has 1 heterocycles. The number of likely N-dealkylation sites (N-methyl/N-ethyl adjacent to an activating group) is 1. The van der Waals surface area contributed by atoms with Crippen LogP contribution in [0.1, 0.15) is 6.92 Å². The van der Waals surface area contributed by atoms with Crippen LogP contribution < -0.4 is 11.1 Å². The predicted molar refractivity (Wildman–Crippen MR) is 63.3 cm³/mol. The van der Waals surface area contributed by atoms with Gasteiger partial charge in [0.15, 0.2) is 11.0 Å². The Hall–Kier alpha value is -1.56. The van der Waals surface area contributed by atoms with Crippen molar-refractivity contribution < 1.29 is 4.79 Å². The second kappa shape index (κ2) is 5.50. The first kappa shape index (κ1) is 12.5. The van der Waals surface area contributed by atoms with Crippen molar-refractivity contribution in [1.29, 1.82) is 0 Å². The van der Waals surface area contributed by atoms with Crippen molar-refractivity contribution in [3.63, 3.8) is 0 Å². The largest absolute Gasteiger partial charge is 0.393 e. The molecule has 0 saturated heterocycles. The lowest BCUT2D eigenvalue weighted by atomic mass is 10.4. The molecule has 0 aliphatic carbocycles. The van der Waals surface area contributed by atoms with Crippen LogP contribution in [0.5, 0.6) is 0 Å². The normalized spacial score (nSPS) is 9.94. The summed E-state index contributed by atoms with van der Waals surface area (Å²) in [5.74, 6) is 0.328. The van der Waals surface area contributed by atoms with Crippen LogP contribution >= 0.6 is 11.6 Å². The van der Waals surface area contributed by atoms with E-state index in [4.69, 9.17) is 17.3 Å². The third kappa shape index (κ3) is 2.96. The Kier molecular flexibility index (Phi) is 4.30. The summed E-state index contributed by atoms with van der Waals surface area (Å²) in [6, 6.07) is 0. The van der Waals surface area contributed by atoms with Gasteiger partial charge in [0.05, 0.1) is 6.54 Å². The Labute approximate surface area is 98.8 Å². The fourth-order valence-corrected chi connectivity index (χ4v) is 1.12. The van der Waals surface area contributed by atoms with E-state index in [1.165, 1.54) is 6.33 Å². The zero-order chi connectivity index (χ0) is 12.1. The molecule has 0 unspecified atom stereocenters. The first-order valence-corrected chi connectivity index (χ1v) is 5.17. The van der Waals surface area contributed by atoms with Crippen molar-refractivity contribution in [3.05, 3.63) is 11.5 Å². The van der Waals surface area contributed by atoms with Crippen molar-refractivity contribution >= 4 is 29.0 Å². The molecule has 7 heteroatoms. The third-order valence-electron chi connectivity index (χ3n) is 2.14. The van der Waals surface area contributed by atoms with Crippen LogP contribution in [0.4, 0.5) is 11.5 Å². The van der Waals surface area contributed by atoms with Gasteiger partial charge < -0.3 is 16.0 Å². The summed E-state index contributed by atoms with van der Waals surface area (Å²) in [7, 11) is 1.72. The molecule has 0 aliphatic heterocycles. The average Bonchev–Trinajstić information content (AvgIpc) is 2.29. The lowest BCUT2D eigenvalue weighted by Gasteiger charge is -2.15. The highest BCUT2D eigenvalue weighted by Gasteiger charge is 2.09. The number of rotatable bonds is 4. The number of hydrogen-bond donors (Lipinski definition) is 2. The Balaban J connectivity index is 2.61. The molecule has 0 saturated carbocycles. The summed E-state index contributed by atoms with van der Waals surface area (Å²) in [4.78, 5) is 20.7. The number of nitrogen functional groups attached to an aromatic ring is 1. The smallest absolute Gasteiger partial charge is 0.241 e. The molecule has 3 N–H and O–H groups in total. The summed E-state index contributed by atoms with van der Waals surface area (Å²) in [6.45, 7) is 2.68. The van der Waals surface area contributed by atoms with E-state index < -0.39 is 0 Å². The van der Waals surface area contributed by atoms with Gasteiger partial charge in [-0.2, -0.15) is 0 Å². The fraction of sp³-hybridized carbons (Fsp3) is 0.444. The Morgan fingerprint density at radius 1 is 1.62 bits per heavy atom. The molecule has 0 spiro atoms. The number of anilines is 2. The van der Waals surface area contributed by atoms with E-state index in [-0.39, 0.29) is 23.3 Å². The molecule has 0 aromatic carbocycles. The summed E-state index contributed by atoms with van der Waals surface area (Å²) >= 11 is 5.71. The second-order valence-electron chi connectivity index (χ2n) is 3.19. The second-order valence-corrected chi connectivity index (χ2v) is 3.55. The molecule has 1 aromatic rings. The zero-order valence-electron chi connectivity index (χ0n) is 9.20. The number of amides is 1. The molecule has 0 radical (unpaired) electrons. The standard InChI is InChI=1S/C9H14ClN5O/c1-3-15(2)6(16)4-12-9-7(11)8(10)13-5-14-9/h5H,3-4,11H2,1-2H3,(H,12,13,14). The van der Waals surface area contributed by atoms with Gasteiger partial charge in [-0.05, 0) is 6.92 Å². The van der Waals surface area contributed by atoms with E-state index in [1.54, 1.807) is 11.9 Å². The lowest BCUT2D eigenvalue weighted by molar-refractivity contribution is -0.127. The van der Waals surface area contributed by atoms with Crippen molar-refractivity contribution in [2.75, 3.05) is 31.2 Å². The van der Waals surface area contributed by atoms with Crippen LogP contribution in [-0.2, 0) is 4.79 Å². The molecule has 16 heavy (non-hydrogen) atoms. The molecular formula is C9H14ClN5O. The summed E-state index contributed by atoms with van der Waals surface area (Å²) in [5, 5.41) is 2.99. The van der Waals surface area contributed by atoms with Crippen LogP contribution in [0, 0.1) is 0 Å². The molecule has 1 aromatic heterocycles. The molecule has 1 amide bonds. The molecule has 0 bridgehead atoms. The van der Waals surface area contributed by atoms with Gasteiger partial charge in [0.2, 0.25) is 5.91 Å². The SMILES string of the molecule is CCN(C)C(=O)CNc1ncnc(Cl)c1N. The number of aromatic nitrogens is 2. The maximum atomic E-state index is 11.5. The number of nitrogens with zero attached hydrogens (tertiary/aromatic N) is 3. The minimum atomic E-state index is -0.0448. The van der Waals surface area contributed by atoms with Gasteiger partial charge in [-0.15, -0.1) is 0 Å². The monoisotopic (exact) mass is 243 g/mol. The van der Waals surface area contributed by atoms with Crippen molar-refractivity contribution in [2.24, 2.45) is 0 Å². The Morgan fingerprint density at radius 2 is 2.31 bits per heavy atom. The molecular weight excluding hydrogens is 230 g/mol. The lowest BCUT2D eigenvalue weighted by Crippen LogP contribution is -2.32. The minimum absolute atomic E-state index is 0.0448.